The average molecular weight is 435 g/mol. The van der Waals surface area contributed by atoms with Gasteiger partial charge in [-0.15, -0.1) is 0 Å². The Morgan fingerprint density at radius 2 is 2.16 bits per heavy atom. The highest BCUT2D eigenvalue weighted by atomic mass is 19.3. The molecule has 1 amide bonds. The van der Waals surface area contributed by atoms with Crippen molar-refractivity contribution in [1.29, 1.82) is 0 Å². The number of aryl methyl sites for hydroxylation is 1. The van der Waals surface area contributed by atoms with Crippen LogP contribution in [0, 0.1) is 12.8 Å². The normalized spacial score (nSPS) is 20.4. The number of pyridine rings is 1. The first-order chi connectivity index (χ1) is 14.8. The Morgan fingerprint density at radius 1 is 1.42 bits per heavy atom. The highest BCUT2D eigenvalue weighted by molar-refractivity contribution is 5.70. The molecule has 4 rings (SSSR count). The molecule has 1 N–H and O–H groups in total. The highest BCUT2D eigenvalue weighted by Crippen LogP contribution is 2.42. The van der Waals surface area contributed by atoms with Crippen molar-refractivity contribution >= 4 is 17.6 Å². The third-order valence-corrected chi connectivity index (χ3v) is 6.36. The van der Waals surface area contributed by atoms with Gasteiger partial charge in [0.15, 0.2) is 5.82 Å². The van der Waals surface area contributed by atoms with E-state index in [-0.39, 0.29) is 24.1 Å². The molecule has 0 atom stereocenters. The van der Waals surface area contributed by atoms with E-state index < -0.39 is 12.5 Å². The summed E-state index contributed by atoms with van der Waals surface area (Å²) in [5.41, 5.74) is 2.61. The van der Waals surface area contributed by atoms with Gasteiger partial charge in [-0.2, -0.15) is 5.10 Å². The molecule has 2 aromatic heterocycles. The van der Waals surface area contributed by atoms with Gasteiger partial charge in [-0.25, -0.2) is 13.6 Å². The maximum atomic E-state index is 13.4. The molecule has 0 unspecified atom stereocenters. The lowest BCUT2D eigenvalue weighted by atomic mass is 9.81. The monoisotopic (exact) mass is 435 g/mol. The number of anilines is 2. The number of amides is 1. The van der Waals surface area contributed by atoms with Crippen molar-refractivity contribution in [3.05, 3.63) is 34.8 Å². The Bertz CT molecular complexity index is 974. The number of ether oxygens (including phenoxy) is 1. The second kappa shape index (κ2) is 8.41. The zero-order chi connectivity index (χ0) is 22.3. The van der Waals surface area contributed by atoms with E-state index in [4.69, 9.17) is 9.84 Å². The Balaban J connectivity index is 1.72. The summed E-state index contributed by atoms with van der Waals surface area (Å²) in [6.07, 6.45) is 0.839. The summed E-state index contributed by atoms with van der Waals surface area (Å²) in [5.74, 6) is 0.887. The van der Waals surface area contributed by atoms with Crippen LogP contribution in [0.1, 0.15) is 47.8 Å². The van der Waals surface area contributed by atoms with Crippen LogP contribution in [0.15, 0.2) is 12.3 Å². The number of aliphatic hydroxyl groups excluding tert-OH is 1. The van der Waals surface area contributed by atoms with Gasteiger partial charge in [-0.3, -0.25) is 9.67 Å². The highest BCUT2D eigenvalue weighted by Gasteiger charge is 2.36. The van der Waals surface area contributed by atoms with Crippen molar-refractivity contribution in [2.45, 2.75) is 45.2 Å². The van der Waals surface area contributed by atoms with Crippen LogP contribution in [0.5, 0.6) is 0 Å². The average Bonchev–Trinajstić information content (AvgIpc) is 3.10. The fourth-order valence-electron chi connectivity index (χ4n) is 4.40. The van der Waals surface area contributed by atoms with Crippen LogP contribution in [0.4, 0.5) is 25.1 Å². The molecule has 3 heterocycles. The molecule has 1 fully saturated rings. The number of methoxy groups -OCH3 is 1. The van der Waals surface area contributed by atoms with Crippen LogP contribution < -0.4 is 4.90 Å². The number of nitrogens with zero attached hydrogens (tertiary/aromatic N) is 5. The third-order valence-electron chi connectivity index (χ3n) is 6.36. The number of hydrogen-bond donors (Lipinski definition) is 1. The topological polar surface area (TPSA) is 83.7 Å². The Labute approximate surface area is 179 Å². The summed E-state index contributed by atoms with van der Waals surface area (Å²) in [6.45, 7) is 2.57. The van der Waals surface area contributed by atoms with Crippen molar-refractivity contribution in [1.82, 2.24) is 19.7 Å². The van der Waals surface area contributed by atoms with Crippen molar-refractivity contribution in [2.24, 2.45) is 5.92 Å². The van der Waals surface area contributed by atoms with Crippen LogP contribution in [-0.4, -0.2) is 58.2 Å². The van der Waals surface area contributed by atoms with E-state index in [2.05, 4.69) is 4.98 Å². The first-order valence-electron chi connectivity index (χ1n) is 10.4. The minimum Gasteiger partial charge on any atom is -0.453 e. The van der Waals surface area contributed by atoms with Crippen LogP contribution in [0.25, 0.3) is 0 Å². The Kier molecular flexibility index (Phi) is 5.83. The predicted octanol–water partition coefficient (Wildman–Crippen LogP) is 3.36. The van der Waals surface area contributed by atoms with E-state index in [1.165, 1.54) is 13.2 Å². The van der Waals surface area contributed by atoms with Gasteiger partial charge in [-0.05, 0) is 31.7 Å². The molecule has 8 nitrogen and oxygen atoms in total. The van der Waals surface area contributed by atoms with Gasteiger partial charge in [0.25, 0.3) is 6.43 Å². The number of rotatable bonds is 5. The SMILES string of the molecule is COC(=O)N1CCc2c(c(N(C)c3cnc(C)c(C(F)F)c3)nn2C2CC(CO)C2)C1. The first-order valence-corrected chi connectivity index (χ1v) is 10.4. The first kappa shape index (κ1) is 21.5. The zero-order valence-corrected chi connectivity index (χ0v) is 17.9. The van der Waals surface area contributed by atoms with Gasteiger partial charge >= 0.3 is 6.09 Å². The van der Waals surface area contributed by atoms with Crippen LogP contribution in [0.3, 0.4) is 0 Å². The van der Waals surface area contributed by atoms with Gasteiger partial charge in [-0.1, -0.05) is 0 Å². The number of carbonyl (C=O) groups excluding carboxylic acids is 1. The second-order valence-electron chi connectivity index (χ2n) is 8.24. The maximum Gasteiger partial charge on any atom is 0.409 e. The number of aromatic nitrogens is 3. The van der Waals surface area contributed by atoms with Crippen molar-refractivity contribution in [3.8, 4) is 0 Å². The fourth-order valence-corrected chi connectivity index (χ4v) is 4.40. The summed E-state index contributed by atoms with van der Waals surface area (Å²) in [4.78, 5) is 19.6. The lowest BCUT2D eigenvalue weighted by Crippen LogP contribution is -2.37. The summed E-state index contributed by atoms with van der Waals surface area (Å²) in [6, 6.07) is 1.62. The van der Waals surface area contributed by atoms with E-state index in [1.807, 2.05) is 4.68 Å². The molecule has 31 heavy (non-hydrogen) atoms. The predicted molar refractivity (Wildman–Crippen MR) is 110 cm³/mol. The molecule has 0 saturated heterocycles. The summed E-state index contributed by atoms with van der Waals surface area (Å²) < 4.78 is 33.7. The van der Waals surface area contributed by atoms with Gasteiger partial charge in [0.1, 0.15) is 0 Å². The molecule has 0 spiro atoms. The molecule has 1 aliphatic carbocycles. The van der Waals surface area contributed by atoms with Gasteiger partial charge in [0.2, 0.25) is 0 Å². The molecule has 168 valence electrons. The van der Waals surface area contributed by atoms with E-state index in [1.54, 1.807) is 30.0 Å². The van der Waals surface area contributed by atoms with Gasteiger partial charge in [0.05, 0.1) is 31.6 Å². The number of aliphatic hydroxyl groups is 1. The number of halogens is 2. The molecule has 0 bridgehead atoms. The molecular weight excluding hydrogens is 408 g/mol. The molecule has 2 aromatic rings. The number of alkyl halides is 2. The molecule has 0 aromatic carbocycles. The lowest BCUT2D eigenvalue weighted by Gasteiger charge is -2.36. The van der Waals surface area contributed by atoms with Crippen LogP contribution >= 0.6 is 0 Å². The van der Waals surface area contributed by atoms with Crippen molar-refractivity contribution in [2.75, 3.05) is 32.2 Å². The molecule has 1 saturated carbocycles. The van der Waals surface area contributed by atoms with Gasteiger partial charge in [0, 0.05) is 49.1 Å². The fraction of sp³-hybridized carbons (Fsp3) is 0.571. The summed E-state index contributed by atoms with van der Waals surface area (Å²) >= 11 is 0. The zero-order valence-electron chi connectivity index (χ0n) is 17.9. The van der Waals surface area contributed by atoms with E-state index in [9.17, 15) is 18.7 Å². The van der Waals surface area contributed by atoms with Crippen LogP contribution in [0.2, 0.25) is 0 Å². The quantitative estimate of drug-likeness (QED) is 0.776. The number of hydrogen-bond acceptors (Lipinski definition) is 6. The number of fused-ring (bicyclic) bond motifs is 1. The molecular formula is C21H27F2N5O3. The molecule has 10 heteroatoms. The number of carbonyl (C=O) groups is 1. The second-order valence-corrected chi connectivity index (χ2v) is 8.24. The largest absolute Gasteiger partial charge is 0.453 e. The summed E-state index contributed by atoms with van der Waals surface area (Å²) in [7, 11) is 3.12. The van der Waals surface area contributed by atoms with E-state index in [0.29, 0.717) is 36.7 Å². The van der Waals surface area contributed by atoms with Crippen molar-refractivity contribution < 1.29 is 23.4 Å². The lowest BCUT2D eigenvalue weighted by molar-refractivity contribution is 0.101. The van der Waals surface area contributed by atoms with Crippen LogP contribution in [-0.2, 0) is 17.7 Å². The minimum absolute atomic E-state index is 0.112. The molecule has 2 aliphatic rings. The third kappa shape index (κ3) is 3.84. The maximum absolute atomic E-state index is 13.4. The van der Waals surface area contributed by atoms with Crippen molar-refractivity contribution in [3.63, 3.8) is 0 Å². The summed E-state index contributed by atoms with van der Waals surface area (Å²) in [5, 5.41) is 14.2. The van der Waals surface area contributed by atoms with E-state index >= 15 is 0 Å². The van der Waals surface area contributed by atoms with E-state index in [0.717, 1.165) is 24.1 Å². The standard InChI is InChI=1S/C21H27F2N5O3/c1-12-16(19(22)23)8-15(9-24-12)26(2)20-17-10-27(21(30)31-3)5-4-18(17)28(25-20)14-6-13(7-14)11-29/h8-9,13-14,19,29H,4-7,10-11H2,1-3H3. The molecule has 1 aliphatic heterocycles. The molecule has 0 radical (unpaired) electrons. The smallest absolute Gasteiger partial charge is 0.409 e. The van der Waals surface area contributed by atoms with Gasteiger partial charge < -0.3 is 19.6 Å². The minimum atomic E-state index is -2.62. The Hall–Kier alpha value is -2.75. The Morgan fingerprint density at radius 3 is 2.81 bits per heavy atom.